The molecule has 1 heterocycles. The first kappa shape index (κ1) is 12.4. The summed E-state index contributed by atoms with van der Waals surface area (Å²) in [6.07, 6.45) is 0. The number of nitrogens with zero attached hydrogens (tertiary/aromatic N) is 1. The molecule has 0 aliphatic carbocycles. The third-order valence-corrected chi connectivity index (χ3v) is 3.08. The van der Waals surface area contributed by atoms with E-state index < -0.39 is 11.6 Å². The number of anilines is 4. The van der Waals surface area contributed by atoms with E-state index in [4.69, 9.17) is 5.73 Å². The van der Waals surface area contributed by atoms with Crippen LogP contribution in [-0.4, -0.2) is 12.5 Å². The number of benzene rings is 2. The second-order valence-corrected chi connectivity index (χ2v) is 4.48. The standard InChI is InChI=1S/C14H11F2N3O/c15-9-5-8(17)6-10(16)14(9)19-7-13(20)18-11-3-1-2-4-12(11)19/h1-6H,7,17H2,(H,18,20). The van der Waals surface area contributed by atoms with Crippen molar-refractivity contribution < 1.29 is 13.6 Å². The highest BCUT2D eigenvalue weighted by Gasteiger charge is 2.27. The van der Waals surface area contributed by atoms with Crippen molar-refractivity contribution in [1.82, 2.24) is 0 Å². The van der Waals surface area contributed by atoms with Crippen LogP contribution in [0.2, 0.25) is 0 Å². The molecule has 0 spiro atoms. The zero-order valence-corrected chi connectivity index (χ0v) is 10.4. The number of nitrogens with one attached hydrogen (secondary N) is 1. The number of hydrogen-bond acceptors (Lipinski definition) is 3. The third-order valence-electron chi connectivity index (χ3n) is 3.08. The number of hydrogen-bond donors (Lipinski definition) is 2. The van der Waals surface area contributed by atoms with Crippen molar-refractivity contribution in [3.63, 3.8) is 0 Å². The van der Waals surface area contributed by atoms with E-state index in [1.807, 2.05) is 0 Å². The van der Waals surface area contributed by atoms with Gasteiger partial charge in [-0.05, 0) is 24.3 Å². The molecule has 1 amide bonds. The van der Waals surface area contributed by atoms with Crippen molar-refractivity contribution in [2.24, 2.45) is 0 Å². The van der Waals surface area contributed by atoms with Crippen LogP contribution in [0.25, 0.3) is 0 Å². The quantitative estimate of drug-likeness (QED) is 0.787. The van der Waals surface area contributed by atoms with Gasteiger partial charge in [-0.3, -0.25) is 4.79 Å². The summed E-state index contributed by atoms with van der Waals surface area (Å²) in [6.45, 7) is -0.158. The molecule has 0 bridgehead atoms. The Kier molecular flexibility index (Phi) is 2.78. The van der Waals surface area contributed by atoms with E-state index in [2.05, 4.69) is 5.32 Å². The predicted molar refractivity (Wildman–Crippen MR) is 72.8 cm³/mol. The van der Waals surface area contributed by atoms with E-state index >= 15 is 0 Å². The number of halogens is 2. The molecule has 1 aliphatic rings. The van der Waals surface area contributed by atoms with Gasteiger partial charge in [0.15, 0.2) is 11.6 Å². The van der Waals surface area contributed by atoms with Gasteiger partial charge in [0.25, 0.3) is 0 Å². The first-order valence-corrected chi connectivity index (χ1v) is 5.97. The van der Waals surface area contributed by atoms with E-state index in [-0.39, 0.29) is 23.8 Å². The smallest absolute Gasteiger partial charge is 0.244 e. The third kappa shape index (κ3) is 1.95. The molecular weight excluding hydrogens is 264 g/mol. The summed E-state index contributed by atoms with van der Waals surface area (Å²) in [5, 5.41) is 2.66. The fourth-order valence-corrected chi connectivity index (χ4v) is 2.28. The van der Waals surface area contributed by atoms with Gasteiger partial charge in [-0.25, -0.2) is 8.78 Å². The van der Waals surface area contributed by atoms with Crippen LogP contribution in [0.15, 0.2) is 36.4 Å². The van der Waals surface area contributed by atoms with Crippen molar-refractivity contribution in [2.45, 2.75) is 0 Å². The van der Waals surface area contributed by atoms with E-state index in [1.54, 1.807) is 24.3 Å². The molecule has 20 heavy (non-hydrogen) atoms. The number of fused-ring (bicyclic) bond motifs is 1. The molecule has 0 aromatic heterocycles. The number of amides is 1. The highest BCUT2D eigenvalue weighted by atomic mass is 19.1. The second-order valence-electron chi connectivity index (χ2n) is 4.48. The summed E-state index contributed by atoms with van der Waals surface area (Å²) in [7, 11) is 0. The fourth-order valence-electron chi connectivity index (χ4n) is 2.28. The minimum absolute atomic E-state index is 0.00139. The van der Waals surface area contributed by atoms with Gasteiger partial charge in [-0.2, -0.15) is 0 Å². The van der Waals surface area contributed by atoms with Crippen LogP contribution < -0.4 is 16.0 Å². The van der Waals surface area contributed by atoms with Crippen LogP contribution in [0, 0.1) is 11.6 Å². The molecule has 3 rings (SSSR count). The van der Waals surface area contributed by atoms with Crippen LogP contribution in [0.5, 0.6) is 0 Å². The monoisotopic (exact) mass is 275 g/mol. The molecule has 3 N–H and O–H groups in total. The summed E-state index contributed by atoms with van der Waals surface area (Å²) in [6, 6.07) is 8.90. The summed E-state index contributed by atoms with van der Waals surface area (Å²) >= 11 is 0. The summed E-state index contributed by atoms with van der Waals surface area (Å²) in [5.41, 5.74) is 6.17. The molecule has 0 unspecified atom stereocenters. The number of carbonyl (C=O) groups is 1. The predicted octanol–water partition coefficient (Wildman–Crippen LogP) is 2.64. The molecule has 102 valence electrons. The van der Waals surface area contributed by atoms with Crippen LogP contribution in [0.4, 0.5) is 31.5 Å². The molecule has 2 aromatic carbocycles. The average Bonchev–Trinajstić information content (AvgIpc) is 2.37. The molecular formula is C14H11F2N3O. The molecule has 0 atom stereocenters. The Morgan fingerprint density at radius 3 is 2.50 bits per heavy atom. The first-order valence-electron chi connectivity index (χ1n) is 5.97. The van der Waals surface area contributed by atoms with Crippen LogP contribution in [-0.2, 0) is 4.79 Å². The molecule has 0 radical (unpaired) electrons. The molecule has 0 saturated heterocycles. The van der Waals surface area contributed by atoms with Gasteiger partial charge in [-0.1, -0.05) is 12.1 Å². The van der Waals surface area contributed by atoms with Crippen LogP contribution in [0.1, 0.15) is 0 Å². The average molecular weight is 275 g/mol. The lowest BCUT2D eigenvalue weighted by atomic mass is 10.1. The maximum absolute atomic E-state index is 14.0. The number of para-hydroxylation sites is 2. The van der Waals surface area contributed by atoms with Gasteiger partial charge in [0.2, 0.25) is 5.91 Å². The maximum atomic E-state index is 14.0. The van der Waals surface area contributed by atoms with Gasteiger partial charge in [0.05, 0.1) is 11.4 Å². The Balaban J connectivity index is 2.18. The molecule has 6 heteroatoms. The van der Waals surface area contributed by atoms with Crippen LogP contribution in [0.3, 0.4) is 0 Å². The second kappa shape index (κ2) is 4.48. The lowest BCUT2D eigenvalue weighted by Gasteiger charge is -2.31. The maximum Gasteiger partial charge on any atom is 0.244 e. The van der Waals surface area contributed by atoms with Gasteiger partial charge in [-0.15, -0.1) is 0 Å². The molecule has 1 aliphatic heterocycles. The zero-order valence-electron chi connectivity index (χ0n) is 10.4. The first-order chi connectivity index (χ1) is 9.56. The van der Waals surface area contributed by atoms with Gasteiger partial charge < -0.3 is 16.0 Å². The SMILES string of the molecule is Nc1cc(F)c(N2CC(=O)Nc3ccccc32)c(F)c1. The van der Waals surface area contributed by atoms with E-state index in [9.17, 15) is 13.6 Å². The topological polar surface area (TPSA) is 58.4 Å². The Hall–Kier alpha value is -2.63. The van der Waals surface area contributed by atoms with Gasteiger partial charge in [0.1, 0.15) is 12.2 Å². The largest absolute Gasteiger partial charge is 0.399 e. The summed E-state index contributed by atoms with van der Waals surface area (Å²) in [4.78, 5) is 13.0. The molecule has 0 fully saturated rings. The lowest BCUT2D eigenvalue weighted by Crippen LogP contribution is -2.36. The zero-order chi connectivity index (χ0) is 14.3. The molecule has 2 aromatic rings. The highest BCUT2D eigenvalue weighted by Crippen LogP contribution is 2.37. The van der Waals surface area contributed by atoms with Gasteiger partial charge in [0, 0.05) is 5.69 Å². The minimum atomic E-state index is -0.799. The normalized spacial score (nSPS) is 13.9. The van der Waals surface area contributed by atoms with Crippen molar-refractivity contribution in [3.8, 4) is 0 Å². The number of rotatable bonds is 1. The Bertz CT molecular complexity index is 680. The molecule has 0 saturated carbocycles. The van der Waals surface area contributed by atoms with Crippen molar-refractivity contribution >= 4 is 28.7 Å². The summed E-state index contributed by atoms with van der Waals surface area (Å²) < 4.78 is 28.0. The van der Waals surface area contributed by atoms with E-state index in [0.29, 0.717) is 11.4 Å². The van der Waals surface area contributed by atoms with E-state index in [0.717, 1.165) is 12.1 Å². The minimum Gasteiger partial charge on any atom is -0.399 e. The van der Waals surface area contributed by atoms with Crippen molar-refractivity contribution in [3.05, 3.63) is 48.0 Å². The lowest BCUT2D eigenvalue weighted by molar-refractivity contribution is -0.115. The Labute approximate surface area is 113 Å². The van der Waals surface area contributed by atoms with E-state index in [1.165, 1.54) is 4.90 Å². The molecule has 4 nitrogen and oxygen atoms in total. The highest BCUT2D eigenvalue weighted by molar-refractivity contribution is 6.03. The summed E-state index contributed by atoms with van der Waals surface area (Å²) in [5.74, 6) is -1.93. The fraction of sp³-hybridized carbons (Fsp3) is 0.0714. The van der Waals surface area contributed by atoms with Crippen molar-refractivity contribution in [1.29, 1.82) is 0 Å². The Morgan fingerprint density at radius 2 is 1.80 bits per heavy atom. The van der Waals surface area contributed by atoms with Gasteiger partial charge >= 0.3 is 0 Å². The number of nitrogen functional groups attached to an aromatic ring is 1. The van der Waals surface area contributed by atoms with Crippen molar-refractivity contribution in [2.75, 3.05) is 22.5 Å². The number of nitrogens with two attached hydrogens (primary N) is 1. The van der Waals surface area contributed by atoms with Crippen LogP contribution >= 0.6 is 0 Å². The Morgan fingerprint density at radius 1 is 1.15 bits per heavy atom. The number of carbonyl (C=O) groups excluding carboxylic acids is 1.